The summed E-state index contributed by atoms with van der Waals surface area (Å²) in [6, 6.07) is 7.27. The van der Waals surface area contributed by atoms with Crippen molar-refractivity contribution in [3.05, 3.63) is 29.8 Å². The molecule has 0 bridgehead atoms. The van der Waals surface area contributed by atoms with E-state index in [1.807, 2.05) is 24.4 Å². The summed E-state index contributed by atoms with van der Waals surface area (Å²) in [5, 5.41) is 4.69. The number of nitrogens with one attached hydrogen (secondary N) is 2. The number of halogens is 3. The van der Waals surface area contributed by atoms with Crippen molar-refractivity contribution in [1.29, 1.82) is 0 Å². The first-order chi connectivity index (χ1) is 10.7. The molecule has 0 aliphatic heterocycles. The van der Waals surface area contributed by atoms with Crippen molar-refractivity contribution >= 4 is 17.5 Å². The van der Waals surface area contributed by atoms with Crippen molar-refractivity contribution in [2.75, 3.05) is 32.0 Å². The molecule has 0 atom stereocenters. The lowest BCUT2D eigenvalue weighted by molar-refractivity contribution is -0.135. The molecule has 0 spiro atoms. The maximum atomic E-state index is 12.0. The number of benzene rings is 1. The number of aryl methyl sites for hydroxylation is 1. The van der Waals surface area contributed by atoms with Crippen LogP contribution in [0.25, 0.3) is 0 Å². The number of carbonyl (C=O) groups is 2. The molecule has 0 heterocycles. The largest absolute Gasteiger partial charge is 0.401 e. The van der Waals surface area contributed by atoms with Gasteiger partial charge in [-0.25, -0.2) is 0 Å². The third-order valence-corrected chi connectivity index (χ3v) is 3.08. The van der Waals surface area contributed by atoms with E-state index in [9.17, 15) is 22.8 Å². The number of rotatable bonds is 7. The van der Waals surface area contributed by atoms with Gasteiger partial charge in [-0.2, -0.15) is 13.2 Å². The summed E-state index contributed by atoms with van der Waals surface area (Å²) < 4.78 is 35.9. The highest BCUT2D eigenvalue weighted by Gasteiger charge is 2.27. The van der Waals surface area contributed by atoms with Crippen molar-refractivity contribution in [3.8, 4) is 0 Å². The molecule has 2 amide bonds. The van der Waals surface area contributed by atoms with E-state index in [2.05, 4.69) is 5.32 Å². The molecule has 1 aromatic rings. The number of carbonyl (C=O) groups excluding carboxylic acids is 2. The van der Waals surface area contributed by atoms with E-state index in [1.165, 1.54) is 7.05 Å². The minimum atomic E-state index is -4.37. The molecule has 8 heteroatoms. The van der Waals surface area contributed by atoms with E-state index in [0.717, 1.165) is 16.9 Å². The summed E-state index contributed by atoms with van der Waals surface area (Å²) in [6.07, 6.45) is -3.63. The van der Waals surface area contributed by atoms with Gasteiger partial charge in [0.1, 0.15) is 0 Å². The maximum absolute atomic E-state index is 12.0. The molecule has 0 unspecified atom stereocenters. The predicted molar refractivity (Wildman–Crippen MR) is 81.0 cm³/mol. The molecule has 0 saturated heterocycles. The fourth-order valence-corrected chi connectivity index (χ4v) is 1.89. The van der Waals surface area contributed by atoms with Gasteiger partial charge in [0.05, 0.1) is 19.6 Å². The molecule has 2 N–H and O–H groups in total. The third-order valence-electron chi connectivity index (χ3n) is 3.08. The van der Waals surface area contributed by atoms with Crippen LogP contribution < -0.4 is 10.6 Å². The quantitative estimate of drug-likeness (QED) is 0.801. The van der Waals surface area contributed by atoms with Gasteiger partial charge in [-0.3, -0.25) is 9.59 Å². The van der Waals surface area contributed by atoms with Crippen LogP contribution in [0.4, 0.5) is 18.9 Å². The second kappa shape index (κ2) is 8.52. The Kier molecular flexibility index (Phi) is 7.02. The summed E-state index contributed by atoms with van der Waals surface area (Å²) in [4.78, 5) is 24.7. The topological polar surface area (TPSA) is 61.4 Å². The van der Waals surface area contributed by atoms with E-state index >= 15 is 0 Å². The first-order valence-corrected chi connectivity index (χ1v) is 7.12. The number of amides is 2. The molecule has 0 aromatic heterocycles. The second-order valence-electron chi connectivity index (χ2n) is 5.03. The smallest absolute Gasteiger partial charge is 0.335 e. The molecule has 1 rings (SSSR count). The Balaban J connectivity index is 2.45. The van der Waals surface area contributed by atoms with E-state index < -0.39 is 31.1 Å². The third kappa shape index (κ3) is 7.14. The van der Waals surface area contributed by atoms with Crippen LogP contribution in [0.2, 0.25) is 0 Å². The summed E-state index contributed by atoms with van der Waals surface area (Å²) in [7, 11) is 1.36. The lowest BCUT2D eigenvalue weighted by Crippen LogP contribution is -2.42. The van der Waals surface area contributed by atoms with Crippen LogP contribution >= 0.6 is 0 Å². The number of hydrogen-bond donors (Lipinski definition) is 2. The summed E-state index contributed by atoms with van der Waals surface area (Å²) in [6.45, 7) is -0.00493. The molecule has 1 aromatic carbocycles. The molecule has 128 valence electrons. The van der Waals surface area contributed by atoms with Gasteiger partial charge in [0.15, 0.2) is 0 Å². The molecular weight excluding hydrogens is 311 g/mol. The van der Waals surface area contributed by atoms with E-state index in [4.69, 9.17) is 0 Å². The number of anilines is 1. The lowest BCUT2D eigenvalue weighted by atomic mass is 10.1. The number of hydrogen-bond acceptors (Lipinski definition) is 3. The molecule has 0 aliphatic carbocycles. The van der Waals surface area contributed by atoms with Gasteiger partial charge < -0.3 is 15.5 Å². The van der Waals surface area contributed by atoms with Crippen molar-refractivity contribution in [1.82, 2.24) is 10.2 Å². The van der Waals surface area contributed by atoms with Crippen LogP contribution in [0.3, 0.4) is 0 Å². The Labute approximate surface area is 132 Å². The normalized spacial score (nSPS) is 11.2. The van der Waals surface area contributed by atoms with Crippen LogP contribution in [0.1, 0.15) is 12.5 Å². The Morgan fingerprint density at radius 2 is 1.87 bits per heavy atom. The zero-order valence-electron chi connectivity index (χ0n) is 13.0. The van der Waals surface area contributed by atoms with Crippen LogP contribution in [-0.4, -0.2) is 49.6 Å². The Morgan fingerprint density at radius 3 is 2.48 bits per heavy atom. The van der Waals surface area contributed by atoms with Crippen molar-refractivity contribution < 1.29 is 22.8 Å². The maximum Gasteiger partial charge on any atom is 0.401 e. The average molecular weight is 331 g/mol. The minimum Gasteiger partial charge on any atom is -0.335 e. The lowest BCUT2D eigenvalue weighted by Gasteiger charge is -2.18. The Hall–Kier alpha value is -2.09. The van der Waals surface area contributed by atoms with E-state index in [0.29, 0.717) is 5.69 Å². The van der Waals surface area contributed by atoms with Crippen LogP contribution in [0.15, 0.2) is 24.3 Å². The van der Waals surface area contributed by atoms with Crippen LogP contribution in [0, 0.1) is 0 Å². The molecule has 0 saturated carbocycles. The Bertz CT molecular complexity index is 547. The summed E-state index contributed by atoms with van der Waals surface area (Å²) in [5.74, 6) is -0.995. The SMILES string of the molecule is CCc1ccccc1NC(=O)CN(C)C(=O)CNCC(F)(F)F. The number of alkyl halides is 3. The fourth-order valence-electron chi connectivity index (χ4n) is 1.89. The van der Waals surface area contributed by atoms with Crippen molar-refractivity contribution in [2.45, 2.75) is 19.5 Å². The highest BCUT2D eigenvalue weighted by atomic mass is 19.4. The summed E-state index contributed by atoms with van der Waals surface area (Å²) >= 11 is 0. The molecule has 0 aliphatic rings. The van der Waals surface area contributed by atoms with Gasteiger partial charge in [0.2, 0.25) is 11.8 Å². The first-order valence-electron chi connectivity index (χ1n) is 7.12. The van der Waals surface area contributed by atoms with Gasteiger partial charge in [0.25, 0.3) is 0 Å². The molecule has 5 nitrogen and oxygen atoms in total. The van der Waals surface area contributed by atoms with Crippen molar-refractivity contribution in [2.24, 2.45) is 0 Å². The zero-order chi connectivity index (χ0) is 17.5. The van der Waals surface area contributed by atoms with Gasteiger partial charge in [0, 0.05) is 12.7 Å². The number of para-hydroxylation sites is 1. The molecular formula is C15H20F3N3O2. The first kappa shape index (κ1) is 19.0. The van der Waals surface area contributed by atoms with E-state index in [-0.39, 0.29) is 6.54 Å². The van der Waals surface area contributed by atoms with Crippen molar-refractivity contribution in [3.63, 3.8) is 0 Å². The van der Waals surface area contributed by atoms with Gasteiger partial charge in [-0.05, 0) is 18.1 Å². The predicted octanol–water partition coefficient (Wildman–Crippen LogP) is 1.80. The van der Waals surface area contributed by atoms with Gasteiger partial charge in [-0.15, -0.1) is 0 Å². The highest BCUT2D eigenvalue weighted by Crippen LogP contribution is 2.15. The monoisotopic (exact) mass is 331 g/mol. The summed E-state index contributed by atoms with van der Waals surface area (Å²) in [5.41, 5.74) is 1.62. The van der Waals surface area contributed by atoms with Crippen LogP contribution in [0.5, 0.6) is 0 Å². The average Bonchev–Trinajstić information content (AvgIpc) is 2.46. The standard InChI is InChI=1S/C15H20F3N3O2/c1-3-11-6-4-5-7-12(11)20-13(22)9-21(2)14(23)8-19-10-15(16,17)18/h4-7,19H,3,8-10H2,1-2H3,(H,20,22). The molecule has 23 heavy (non-hydrogen) atoms. The van der Waals surface area contributed by atoms with Gasteiger partial charge >= 0.3 is 6.18 Å². The zero-order valence-corrected chi connectivity index (χ0v) is 13.0. The van der Waals surface area contributed by atoms with Gasteiger partial charge in [-0.1, -0.05) is 25.1 Å². The highest BCUT2D eigenvalue weighted by molar-refractivity contribution is 5.95. The molecule has 0 radical (unpaired) electrons. The van der Waals surface area contributed by atoms with Crippen LogP contribution in [-0.2, 0) is 16.0 Å². The number of nitrogens with zero attached hydrogens (tertiary/aromatic N) is 1. The second-order valence-corrected chi connectivity index (χ2v) is 5.03. The number of likely N-dealkylation sites (N-methyl/N-ethyl adjacent to an activating group) is 1. The van der Waals surface area contributed by atoms with E-state index in [1.54, 1.807) is 12.1 Å². The Morgan fingerprint density at radius 1 is 1.22 bits per heavy atom. The fraction of sp³-hybridized carbons (Fsp3) is 0.467. The molecule has 0 fully saturated rings. The minimum absolute atomic E-state index is 0.232.